The molecule has 0 aliphatic carbocycles. The second-order valence-electron chi connectivity index (χ2n) is 6.21. The Hall–Kier alpha value is -3.49. The Morgan fingerprint density at radius 1 is 1.07 bits per heavy atom. The summed E-state index contributed by atoms with van der Waals surface area (Å²) in [6.07, 6.45) is 4.90. The zero-order chi connectivity index (χ0) is 18.6. The molecular formula is C18H19N7O2. The third-order valence-electron chi connectivity index (χ3n) is 4.48. The van der Waals surface area contributed by atoms with E-state index in [4.69, 9.17) is 4.52 Å². The van der Waals surface area contributed by atoms with Crippen LogP contribution in [0.2, 0.25) is 0 Å². The number of hydrogen-bond donors (Lipinski definition) is 1. The summed E-state index contributed by atoms with van der Waals surface area (Å²) in [5.74, 6) is 1.96. The Labute approximate surface area is 156 Å². The molecule has 1 saturated heterocycles. The number of aryl methyl sites for hydroxylation is 1. The number of anilines is 3. The first-order valence-corrected chi connectivity index (χ1v) is 8.67. The monoisotopic (exact) mass is 365 g/mol. The summed E-state index contributed by atoms with van der Waals surface area (Å²) in [6, 6.07) is 7.55. The van der Waals surface area contributed by atoms with Gasteiger partial charge in [0.1, 0.15) is 11.3 Å². The molecule has 0 spiro atoms. The van der Waals surface area contributed by atoms with E-state index in [1.165, 1.54) is 6.20 Å². The average Bonchev–Trinajstić information content (AvgIpc) is 3.15. The van der Waals surface area contributed by atoms with Crippen molar-refractivity contribution in [3.63, 3.8) is 0 Å². The zero-order valence-electron chi connectivity index (χ0n) is 14.9. The molecule has 1 N–H and O–H groups in total. The molecule has 0 saturated carbocycles. The van der Waals surface area contributed by atoms with Crippen LogP contribution in [0.3, 0.4) is 0 Å². The highest BCUT2D eigenvalue weighted by molar-refractivity contribution is 5.94. The van der Waals surface area contributed by atoms with Crippen LogP contribution in [0.25, 0.3) is 0 Å². The van der Waals surface area contributed by atoms with E-state index in [1.807, 2.05) is 29.2 Å². The number of pyridine rings is 1. The van der Waals surface area contributed by atoms with Crippen LogP contribution < -0.4 is 10.2 Å². The Balaban J connectivity index is 1.35. The molecule has 4 heterocycles. The van der Waals surface area contributed by atoms with Gasteiger partial charge in [0.2, 0.25) is 0 Å². The lowest BCUT2D eigenvalue weighted by Crippen LogP contribution is -2.49. The van der Waals surface area contributed by atoms with Crippen LogP contribution >= 0.6 is 0 Å². The van der Waals surface area contributed by atoms with Crippen molar-refractivity contribution in [2.75, 3.05) is 36.4 Å². The molecule has 9 nitrogen and oxygen atoms in total. The second kappa shape index (κ2) is 7.40. The predicted molar refractivity (Wildman–Crippen MR) is 98.9 cm³/mol. The fraction of sp³-hybridized carbons (Fsp3) is 0.278. The number of piperazine rings is 1. The summed E-state index contributed by atoms with van der Waals surface area (Å²) in [6.45, 7) is 4.36. The molecule has 0 aromatic carbocycles. The van der Waals surface area contributed by atoms with E-state index >= 15 is 0 Å². The number of carbonyl (C=O) groups excluding carboxylic acids is 1. The van der Waals surface area contributed by atoms with E-state index in [9.17, 15) is 4.79 Å². The molecule has 0 bridgehead atoms. The highest BCUT2D eigenvalue weighted by atomic mass is 16.5. The van der Waals surface area contributed by atoms with Crippen LogP contribution in [0.5, 0.6) is 0 Å². The third-order valence-corrected chi connectivity index (χ3v) is 4.48. The largest absolute Gasteiger partial charge is 0.361 e. The summed E-state index contributed by atoms with van der Waals surface area (Å²) in [7, 11) is 0. The summed E-state index contributed by atoms with van der Waals surface area (Å²) < 4.78 is 4.99. The minimum Gasteiger partial charge on any atom is -0.361 e. The SMILES string of the molecule is Cc1oncc1C(=O)N1CCN(c2ccc(Nc3ccncc3)nn2)CC1. The van der Waals surface area contributed by atoms with Gasteiger partial charge in [-0.25, -0.2) is 0 Å². The molecular weight excluding hydrogens is 346 g/mol. The molecule has 1 aliphatic heterocycles. The van der Waals surface area contributed by atoms with Crippen LogP contribution in [0.1, 0.15) is 16.1 Å². The van der Waals surface area contributed by atoms with Crippen molar-refractivity contribution in [1.82, 2.24) is 25.2 Å². The minimum absolute atomic E-state index is 0.0450. The lowest BCUT2D eigenvalue weighted by molar-refractivity contribution is 0.0744. The maximum atomic E-state index is 12.5. The Kier molecular flexibility index (Phi) is 4.65. The minimum atomic E-state index is -0.0450. The standard InChI is InChI=1S/C18H19N7O2/c1-13-15(12-20-27-13)18(26)25-10-8-24(9-11-25)17-3-2-16(22-23-17)21-14-4-6-19-7-5-14/h2-7,12H,8-11H2,1H3,(H,19,21,22). The fourth-order valence-electron chi connectivity index (χ4n) is 2.96. The average molecular weight is 365 g/mol. The van der Waals surface area contributed by atoms with Crippen LogP contribution in [0.4, 0.5) is 17.3 Å². The molecule has 1 fully saturated rings. The van der Waals surface area contributed by atoms with Gasteiger partial charge >= 0.3 is 0 Å². The molecule has 4 rings (SSSR count). The van der Waals surface area contributed by atoms with E-state index < -0.39 is 0 Å². The van der Waals surface area contributed by atoms with Gasteiger partial charge < -0.3 is 19.6 Å². The predicted octanol–water partition coefficient (Wildman–Crippen LogP) is 1.87. The summed E-state index contributed by atoms with van der Waals surface area (Å²) in [5, 5.41) is 15.4. The van der Waals surface area contributed by atoms with E-state index in [1.54, 1.807) is 19.3 Å². The lowest BCUT2D eigenvalue weighted by Gasteiger charge is -2.35. The molecule has 138 valence electrons. The fourth-order valence-corrected chi connectivity index (χ4v) is 2.96. The van der Waals surface area contributed by atoms with Crippen molar-refractivity contribution in [3.8, 4) is 0 Å². The third kappa shape index (κ3) is 3.71. The van der Waals surface area contributed by atoms with Gasteiger partial charge in [-0.3, -0.25) is 9.78 Å². The highest BCUT2D eigenvalue weighted by Crippen LogP contribution is 2.18. The normalized spacial score (nSPS) is 14.3. The van der Waals surface area contributed by atoms with Gasteiger partial charge in [-0.05, 0) is 31.2 Å². The van der Waals surface area contributed by atoms with E-state index in [2.05, 4.69) is 30.6 Å². The maximum absolute atomic E-state index is 12.5. The summed E-state index contributed by atoms with van der Waals surface area (Å²) >= 11 is 0. The Bertz CT molecular complexity index is 903. The van der Waals surface area contributed by atoms with Gasteiger partial charge in [-0.15, -0.1) is 10.2 Å². The van der Waals surface area contributed by atoms with Gasteiger partial charge in [0.15, 0.2) is 11.6 Å². The summed E-state index contributed by atoms with van der Waals surface area (Å²) in [4.78, 5) is 20.4. The topological polar surface area (TPSA) is 100 Å². The van der Waals surface area contributed by atoms with Gasteiger partial charge in [0.05, 0.1) is 6.20 Å². The molecule has 3 aromatic rings. The molecule has 9 heteroatoms. The van der Waals surface area contributed by atoms with Crippen molar-refractivity contribution in [1.29, 1.82) is 0 Å². The van der Waals surface area contributed by atoms with Crippen molar-refractivity contribution < 1.29 is 9.32 Å². The van der Waals surface area contributed by atoms with Gasteiger partial charge in [-0.2, -0.15) is 0 Å². The van der Waals surface area contributed by atoms with Crippen LogP contribution in [0.15, 0.2) is 47.4 Å². The molecule has 1 amide bonds. The quantitative estimate of drug-likeness (QED) is 0.748. The Morgan fingerprint density at radius 2 is 1.85 bits per heavy atom. The van der Waals surface area contributed by atoms with Crippen molar-refractivity contribution in [3.05, 3.63) is 54.2 Å². The number of carbonyl (C=O) groups is 1. The van der Waals surface area contributed by atoms with E-state index in [0.717, 1.165) is 11.5 Å². The first-order chi connectivity index (χ1) is 13.2. The van der Waals surface area contributed by atoms with Crippen LogP contribution in [0, 0.1) is 6.92 Å². The van der Waals surface area contributed by atoms with Crippen molar-refractivity contribution in [2.24, 2.45) is 0 Å². The second-order valence-corrected chi connectivity index (χ2v) is 6.21. The van der Waals surface area contributed by atoms with E-state index in [-0.39, 0.29) is 5.91 Å². The van der Waals surface area contributed by atoms with Crippen LogP contribution in [-0.4, -0.2) is 57.3 Å². The first kappa shape index (κ1) is 17.0. The number of hydrogen-bond acceptors (Lipinski definition) is 8. The van der Waals surface area contributed by atoms with Crippen molar-refractivity contribution in [2.45, 2.75) is 6.92 Å². The maximum Gasteiger partial charge on any atom is 0.259 e. The molecule has 3 aromatic heterocycles. The van der Waals surface area contributed by atoms with Gasteiger partial charge in [-0.1, -0.05) is 5.16 Å². The first-order valence-electron chi connectivity index (χ1n) is 8.67. The van der Waals surface area contributed by atoms with Crippen LogP contribution in [-0.2, 0) is 0 Å². The van der Waals surface area contributed by atoms with Gasteiger partial charge in [0, 0.05) is 44.3 Å². The number of nitrogens with one attached hydrogen (secondary N) is 1. The molecule has 1 aliphatic rings. The smallest absolute Gasteiger partial charge is 0.259 e. The summed E-state index contributed by atoms with van der Waals surface area (Å²) in [5.41, 5.74) is 1.43. The Morgan fingerprint density at radius 3 is 2.48 bits per heavy atom. The number of rotatable bonds is 4. The molecule has 0 atom stereocenters. The molecule has 0 radical (unpaired) electrons. The highest BCUT2D eigenvalue weighted by Gasteiger charge is 2.25. The van der Waals surface area contributed by atoms with Crippen molar-refractivity contribution >= 4 is 23.2 Å². The molecule has 0 unspecified atom stereocenters. The number of amides is 1. The zero-order valence-corrected chi connectivity index (χ0v) is 14.9. The van der Waals surface area contributed by atoms with Gasteiger partial charge in [0.25, 0.3) is 5.91 Å². The molecule has 27 heavy (non-hydrogen) atoms. The number of aromatic nitrogens is 4. The number of nitrogens with zero attached hydrogens (tertiary/aromatic N) is 6. The van der Waals surface area contributed by atoms with E-state index in [0.29, 0.717) is 43.3 Å². The lowest BCUT2D eigenvalue weighted by atomic mass is 10.2.